The number of nitrogens with one attached hydrogen (secondary N) is 1. The van der Waals surface area contributed by atoms with Crippen molar-refractivity contribution in [1.82, 2.24) is 0 Å². The number of nitro groups is 1. The lowest BCUT2D eigenvalue weighted by atomic mass is 10.1. The lowest BCUT2D eigenvalue weighted by Gasteiger charge is -2.23. The van der Waals surface area contributed by atoms with Crippen LogP contribution in [0.2, 0.25) is 0 Å². The minimum absolute atomic E-state index is 0.00455. The maximum atomic E-state index is 11.0. The van der Waals surface area contributed by atoms with Crippen molar-refractivity contribution in [2.75, 3.05) is 16.8 Å². The Labute approximate surface area is 123 Å². The van der Waals surface area contributed by atoms with Gasteiger partial charge in [-0.1, -0.05) is 0 Å². The fraction of sp³-hybridized carbons (Fsp3) is 0.571. The molecule has 1 fully saturated rings. The van der Waals surface area contributed by atoms with Crippen LogP contribution in [0.15, 0.2) is 18.2 Å². The van der Waals surface area contributed by atoms with E-state index in [1.54, 1.807) is 6.07 Å². The Morgan fingerprint density at radius 1 is 1.45 bits per heavy atom. The van der Waals surface area contributed by atoms with Crippen molar-refractivity contribution < 1.29 is 9.66 Å². The van der Waals surface area contributed by atoms with Crippen LogP contribution in [-0.4, -0.2) is 28.6 Å². The summed E-state index contributed by atoms with van der Waals surface area (Å²) in [5.74, 6) is 2.79. The smallest absolute Gasteiger partial charge is 0.275 e. The average Bonchev–Trinajstić information content (AvgIpc) is 2.38. The van der Waals surface area contributed by atoms with Crippen molar-refractivity contribution in [3.63, 3.8) is 0 Å². The van der Waals surface area contributed by atoms with Crippen LogP contribution in [0.4, 0.5) is 11.4 Å². The van der Waals surface area contributed by atoms with Gasteiger partial charge in [0.1, 0.15) is 5.75 Å². The van der Waals surface area contributed by atoms with E-state index in [0.29, 0.717) is 11.8 Å². The molecule has 1 aliphatic rings. The first-order valence-corrected chi connectivity index (χ1v) is 8.00. The molecular weight excluding hydrogens is 276 g/mol. The van der Waals surface area contributed by atoms with Gasteiger partial charge >= 0.3 is 0 Å². The van der Waals surface area contributed by atoms with E-state index in [0.717, 1.165) is 17.9 Å². The number of thioether (sulfide) groups is 1. The molecule has 0 aromatic heterocycles. The van der Waals surface area contributed by atoms with Crippen LogP contribution in [0, 0.1) is 10.1 Å². The number of hydrogen-bond acceptors (Lipinski definition) is 5. The maximum Gasteiger partial charge on any atom is 0.275 e. The third-order valence-corrected chi connectivity index (χ3v) is 4.22. The third-order valence-electron chi connectivity index (χ3n) is 3.00. The van der Waals surface area contributed by atoms with Gasteiger partial charge in [0, 0.05) is 29.6 Å². The van der Waals surface area contributed by atoms with Crippen LogP contribution in [0.3, 0.4) is 0 Å². The summed E-state index contributed by atoms with van der Waals surface area (Å²) < 4.78 is 5.59. The summed E-state index contributed by atoms with van der Waals surface area (Å²) in [5, 5.41) is 14.4. The topological polar surface area (TPSA) is 64.4 Å². The summed E-state index contributed by atoms with van der Waals surface area (Å²) in [7, 11) is 0. The largest absolute Gasteiger partial charge is 0.491 e. The van der Waals surface area contributed by atoms with Crippen LogP contribution in [-0.2, 0) is 0 Å². The van der Waals surface area contributed by atoms with E-state index in [1.807, 2.05) is 31.7 Å². The monoisotopic (exact) mass is 296 g/mol. The Morgan fingerprint density at radius 3 is 2.85 bits per heavy atom. The number of non-ortho nitro benzene ring substituents is 1. The highest BCUT2D eigenvalue weighted by atomic mass is 32.2. The minimum Gasteiger partial charge on any atom is -0.491 e. The number of hydrogen-bond donors (Lipinski definition) is 1. The Balaban J connectivity index is 2.17. The van der Waals surface area contributed by atoms with Crippen LogP contribution < -0.4 is 10.1 Å². The molecule has 0 bridgehead atoms. The molecule has 1 saturated heterocycles. The fourth-order valence-corrected chi connectivity index (χ4v) is 3.27. The number of nitrogens with zero attached hydrogens (tertiary/aromatic N) is 1. The Kier molecular flexibility index (Phi) is 5.11. The van der Waals surface area contributed by atoms with Crippen molar-refractivity contribution >= 4 is 23.1 Å². The third kappa shape index (κ3) is 4.30. The van der Waals surface area contributed by atoms with E-state index in [2.05, 4.69) is 5.32 Å². The number of rotatable bonds is 5. The highest BCUT2D eigenvalue weighted by Gasteiger charge is 2.16. The number of ether oxygens (including phenoxy) is 1. The second kappa shape index (κ2) is 6.83. The molecule has 5 nitrogen and oxygen atoms in total. The van der Waals surface area contributed by atoms with Crippen molar-refractivity contribution in [2.24, 2.45) is 0 Å². The van der Waals surface area contributed by atoms with Gasteiger partial charge < -0.3 is 10.1 Å². The van der Waals surface area contributed by atoms with Gasteiger partial charge in [-0.3, -0.25) is 10.1 Å². The lowest BCUT2D eigenvalue weighted by Crippen LogP contribution is -2.25. The molecule has 6 heteroatoms. The molecule has 1 aliphatic heterocycles. The normalized spacial score (nSPS) is 18.9. The van der Waals surface area contributed by atoms with Gasteiger partial charge in [0.15, 0.2) is 0 Å². The lowest BCUT2D eigenvalue weighted by molar-refractivity contribution is -0.384. The van der Waals surface area contributed by atoms with Gasteiger partial charge in [0.05, 0.1) is 17.1 Å². The van der Waals surface area contributed by atoms with Crippen LogP contribution in [0.5, 0.6) is 5.75 Å². The fourth-order valence-electron chi connectivity index (χ4n) is 2.20. The second-order valence-corrected chi connectivity index (χ2v) is 6.35. The second-order valence-electron chi connectivity index (χ2n) is 5.20. The molecule has 0 saturated carbocycles. The molecule has 1 atom stereocenters. The highest BCUT2D eigenvalue weighted by molar-refractivity contribution is 7.99. The van der Waals surface area contributed by atoms with E-state index in [-0.39, 0.29) is 16.7 Å². The SMILES string of the molecule is CC(C)Oc1cc(NC2CCCSC2)cc([N+](=O)[O-])c1. The summed E-state index contributed by atoms with van der Waals surface area (Å²) >= 11 is 1.92. The van der Waals surface area contributed by atoms with Crippen LogP contribution in [0.1, 0.15) is 26.7 Å². The molecule has 2 rings (SSSR count). The van der Waals surface area contributed by atoms with Crippen LogP contribution in [0.25, 0.3) is 0 Å². The van der Waals surface area contributed by atoms with Crippen molar-refractivity contribution in [2.45, 2.75) is 38.8 Å². The molecule has 0 radical (unpaired) electrons. The van der Waals surface area contributed by atoms with E-state index in [9.17, 15) is 10.1 Å². The summed E-state index contributed by atoms with van der Waals surface area (Å²) in [6.07, 6.45) is 2.29. The van der Waals surface area contributed by atoms with Gasteiger partial charge in [-0.05, 0) is 32.4 Å². The number of benzene rings is 1. The van der Waals surface area contributed by atoms with E-state index in [4.69, 9.17) is 4.74 Å². The first-order valence-electron chi connectivity index (χ1n) is 6.85. The molecule has 1 aromatic carbocycles. The molecular formula is C14H20N2O3S. The number of nitro benzene ring substituents is 1. The Hall–Kier alpha value is -1.43. The van der Waals surface area contributed by atoms with E-state index in [1.165, 1.54) is 18.2 Å². The minimum atomic E-state index is -0.381. The molecule has 1 unspecified atom stereocenters. The molecule has 1 aromatic rings. The summed E-state index contributed by atoms with van der Waals surface area (Å²) in [6.45, 7) is 3.81. The zero-order chi connectivity index (χ0) is 14.5. The molecule has 1 heterocycles. The van der Waals surface area contributed by atoms with Crippen molar-refractivity contribution in [1.29, 1.82) is 0 Å². The molecule has 1 N–H and O–H groups in total. The predicted octanol–water partition coefficient (Wildman–Crippen LogP) is 3.69. The molecule has 0 aliphatic carbocycles. The standard InChI is InChI=1S/C14H20N2O3S/c1-10(2)19-14-7-12(6-13(8-14)16(17)18)15-11-4-3-5-20-9-11/h6-8,10-11,15H,3-5,9H2,1-2H3. The summed E-state index contributed by atoms with van der Waals surface area (Å²) in [6, 6.07) is 5.27. The van der Waals surface area contributed by atoms with E-state index < -0.39 is 0 Å². The number of anilines is 1. The van der Waals surface area contributed by atoms with Crippen molar-refractivity contribution in [3.8, 4) is 5.75 Å². The predicted molar refractivity (Wildman–Crippen MR) is 82.8 cm³/mol. The average molecular weight is 296 g/mol. The summed E-state index contributed by atoms with van der Waals surface area (Å²) in [5.41, 5.74) is 0.830. The molecule has 0 amide bonds. The zero-order valence-electron chi connectivity index (χ0n) is 11.8. The quantitative estimate of drug-likeness (QED) is 0.663. The van der Waals surface area contributed by atoms with Gasteiger partial charge in [-0.15, -0.1) is 0 Å². The Morgan fingerprint density at radius 2 is 2.25 bits per heavy atom. The highest BCUT2D eigenvalue weighted by Crippen LogP contribution is 2.29. The first-order chi connectivity index (χ1) is 9.54. The van der Waals surface area contributed by atoms with Gasteiger partial charge in [0.25, 0.3) is 5.69 Å². The van der Waals surface area contributed by atoms with E-state index >= 15 is 0 Å². The van der Waals surface area contributed by atoms with Gasteiger partial charge in [0.2, 0.25) is 0 Å². The van der Waals surface area contributed by atoms with Gasteiger partial charge in [-0.25, -0.2) is 0 Å². The maximum absolute atomic E-state index is 11.0. The summed E-state index contributed by atoms with van der Waals surface area (Å²) in [4.78, 5) is 10.6. The van der Waals surface area contributed by atoms with Crippen LogP contribution >= 0.6 is 11.8 Å². The Bertz CT molecular complexity index is 473. The molecule has 0 spiro atoms. The first kappa shape index (κ1) is 15.0. The zero-order valence-corrected chi connectivity index (χ0v) is 12.6. The molecule has 110 valence electrons. The van der Waals surface area contributed by atoms with Crippen molar-refractivity contribution in [3.05, 3.63) is 28.3 Å². The van der Waals surface area contributed by atoms with Gasteiger partial charge in [-0.2, -0.15) is 11.8 Å². The molecule has 20 heavy (non-hydrogen) atoms.